The van der Waals surface area contributed by atoms with Crippen LogP contribution in [-0.2, 0) is 11.3 Å². The fourth-order valence-electron chi connectivity index (χ4n) is 1.42. The largest absolute Gasteiger partial charge is 0.385 e. The number of nitrogens with zero attached hydrogens (tertiary/aromatic N) is 2. The molecule has 1 heterocycles. The van der Waals surface area contributed by atoms with Gasteiger partial charge in [-0.3, -0.25) is 9.48 Å². The highest BCUT2D eigenvalue weighted by atomic mass is 16.5. The highest BCUT2D eigenvalue weighted by Crippen LogP contribution is 2.00. The molecule has 1 aromatic heterocycles. The number of aryl methyl sites for hydroxylation is 1. The number of amides is 1. The van der Waals surface area contributed by atoms with Gasteiger partial charge in [-0.1, -0.05) is 6.92 Å². The van der Waals surface area contributed by atoms with Gasteiger partial charge in [-0.2, -0.15) is 5.10 Å². The van der Waals surface area contributed by atoms with E-state index < -0.39 is 0 Å². The maximum Gasteiger partial charge on any atom is 0.269 e. The molecule has 0 bridgehead atoms. The number of methoxy groups -OCH3 is 1. The Morgan fingerprint density at radius 3 is 3.12 bits per heavy atom. The first-order valence-electron chi connectivity index (χ1n) is 5.58. The van der Waals surface area contributed by atoms with Crippen LogP contribution < -0.4 is 5.32 Å². The molecule has 5 nitrogen and oxygen atoms in total. The van der Waals surface area contributed by atoms with Gasteiger partial charge in [-0.15, -0.1) is 0 Å². The molecule has 1 N–H and O–H groups in total. The SMILES string of the molecule is CCCn1nccc1C(=O)NCCCOC. The van der Waals surface area contributed by atoms with Crippen LogP contribution in [0, 0.1) is 0 Å². The number of carbonyl (C=O) groups is 1. The van der Waals surface area contributed by atoms with Gasteiger partial charge in [-0.25, -0.2) is 0 Å². The Morgan fingerprint density at radius 1 is 1.62 bits per heavy atom. The van der Waals surface area contributed by atoms with E-state index in [9.17, 15) is 4.79 Å². The summed E-state index contributed by atoms with van der Waals surface area (Å²) in [5.41, 5.74) is 0.624. The van der Waals surface area contributed by atoms with E-state index in [-0.39, 0.29) is 5.91 Å². The number of nitrogens with one attached hydrogen (secondary N) is 1. The maximum atomic E-state index is 11.8. The van der Waals surface area contributed by atoms with Crippen LogP contribution in [0.3, 0.4) is 0 Å². The summed E-state index contributed by atoms with van der Waals surface area (Å²) in [6.07, 6.45) is 3.44. The molecule has 0 atom stereocenters. The van der Waals surface area contributed by atoms with Crippen molar-refractivity contribution in [1.82, 2.24) is 15.1 Å². The number of carbonyl (C=O) groups excluding carboxylic acids is 1. The lowest BCUT2D eigenvalue weighted by Crippen LogP contribution is -2.27. The zero-order chi connectivity index (χ0) is 11.8. The molecule has 90 valence electrons. The Kier molecular flexibility index (Phi) is 5.56. The van der Waals surface area contributed by atoms with Crippen LogP contribution in [0.5, 0.6) is 0 Å². The van der Waals surface area contributed by atoms with Gasteiger partial charge in [0.05, 0.1) is 0 Å². The zero-order valence-corrected chi connectivity index (χ0v) is 9.90. The van der Waals surface area contributed by atoms with Crippen molar-refractivity contribution in [2.45, 2.75) is 26.3 Å². The predicted molar refractivity (Wildman–Crippen MR) is 61.3 cm³/mol. The molecule has 0 aromatic carbocycles. The van der Waals surface area contributed by atoms with Gasteiger partial charge >= 0.3 is 0 Å². The van der Waals surface area contributed by atoms with Gasteiger partial charge in [0, 0.05) is 33.0 Å². The number of hydrogen-bond donors (Lipinski definition) is 1. The van der Waals surface area contributed by atoms with Crippen LogP contribution in [0.25, 0.3) is 0 Å². The molecule has 0 spiro atoms. The van der Waals surface area contributed by atoms with Crippen molar-refractivity contribution in [3.8, 4) is 0 Å². The fourth-order valence-corrected chi connectivity index (χ4v) is 1.42. The summed E-state index contributed by atoms with van der Waals surface area (Å²) in [6, 6.07) is 1.74. The molecule has 0 aliphatic rings. The van der Waals surface area contributed by atoms with E-state index in [4.69, 9.17) is 4.74 Å². The van der Waals surface area contributed by atoms with Crippen molar-refractivity contribution in [1.29, 1.82) is 0 Å². The van der Waals surface area contributed by atoms with E-state index in [0.717, 1.165) is 19.4 Å². The summed E-state index contributed by atoms with van der Waals surface area (Å²) >= 11 is 0. The Morgan fingerprint density at radius 2 is 2.44 bits per heavy atom. The van der Waals surface area contributed by atoms with Crippen molar-refractivity contribution in [2.24, 2.45) is 0 Å². The average molecular weight is 225 g/mol. The van der Waals surface area contributed by atoms with Gasteiger partial charge in [0.25, 0.3) is 5.91 Å². The van der Waals surface area contributed by atoms with Gasteiger partial charge in [0.2, 0.25) is 0 Å². The maximum absolute atomic E-state index is 11.8. The standard InChI is InChI=1S/C11H19N3O2/c1-3-8-14-10(5-7-13-14)11(15)12-6-4-9-16-2/h5,7H,3-4,6,8-9H2,1-2H3,(H,12,15). The van der Waals surface area contributed by atoms with Gasteiger partial charge in [0.15, 0.2) is 0 Å². The molecular formula is C11H19N3O2. The summed E-state index contributed by atoms with van der Waals surface area (Å²) in [5, 5.41) is 6.94. The van der Waals surface area contributed by atoms with Gasteiger partial charge in [0.1, 0.15) is 5.69 Å². The molecule has 0 saturated carbocycles. The number of ether oxygens (including phenoxy) is 1. The summed E-state index contributed by atoms with van der Waals surface area (Å²) in [5.74, 6) is -0.0675. The van der Waals surface area contributed by atoms with E-state index in [1.807, 2.05) is 0 Å². The van der Waals surface area contributed by atoms with Crippen molar-refractivity contribution in [2.75, 3.05) is 20.3 Å². The second kappa shape index (κ2) is 7.00. The molecule has 0 aliphatic carbocycles. The van der Waals surface area contributed by atoms with E-state index in [0.29, 0.717) is 18.8 Å². The monoisotopic (exact) mass is 225 g/mol. The quantitative estimate of drug-likeness (QED) is 0.706. The summed E-state index contributed by atoms with van der Waals surface area (Å²) in [4.78, 5) is 11.8. The molecule has 0 aliphatic heterocycles. The molecule has 0 saturated heterocycles. The predicted octanol–water partition coefficient (Wildman–Crippen LogP) is 1.06. The third kappa shape index (κ3) is 3.66. The molecule has 16 heavy (non-hydrogen) atoms. The van der Waals surface area contributed by atoms with Gasteiger partial charge in [-0.05, 0) is 18.9 Å². The van der Waals surface area contributed by atoms with Crippen LogP contribution in [0.1, 0.15) is 30.3 Å². The summed E-state index contributed by atoms with van der Waals surface area (Å²) in [7, 11) is 1.65. The summed E-state index contributed by atoms with van der Waals surface area (Å²) < 4.78 is 6.64. The van der Waals surface area contributed by atoms with Crippen LogP contribution in [0.15, 0.2) is 12.3 Å². The molecular weight excluding hydrogens is 206 g/mol. The first-order chi connectivity index (χ1) is 7.79. The van der Waals surface area contributed by atoms with E-state index in [1.165, 1.54) is 0 Å². The normalized spacial score (nSPS) is 10.4. The van der Waals surface area contributed by atoms with Crippen molar-refractivity contribution >= 4 is 5.91 Å². The highest BCUT2D eigenvalue weighted by molar-refractivity contribution is 5.92. The number of hydrogen-bond acceptors (Lipinski definition) is 3. The Hall–Kier alpha value is -1.36. The lowest BCUT2D eigenvalue weighted by Gasteiger charge is -2.07. The Labute approximate surface area is 95.8 Å². The third-order valence-electron chi connectivity index (χ3n) is 2.20. The minimum atomic E-state index is -0.0675. The van der Waals surface area contributed by atoms with Crippen LogP contribution in [-0.4, -0.2) is 35.9 Å². The zero-order valence-electron chi connectivity index (χ0n) is 9.90. The Bertz CT molecular complexity index is 323. The van der Waals surface area contributed by atoms with Crippen molar-refractivity contribution < 1.29 is 9.53 Å². The summed E-state index contributed by atoms with van der Waals surface area (Å²) in [6.45, 7) is 4.12. The highest BCUT2D eigenvalue weighted by Gasteiger charge is 2.10. The Balaban J connectivity index is 2.42. The lowest BCUT2D eigenvalue weighted by atomic mass is 10.3. The first-order valence-corrected chi connectivity index (χ1v) is 5.58. The lowest BCUT2D eigenvalue weighted by molar-refractivity contribution is 0.0937. The average Bonchev–Trinajstić information content (AvgIpc) is 2.73. The number of aromatic nitrogens is 2. The molecule has 0 fully saturated rings. The molecule has 1 rings (SSSR count). The second-order valence-electron chi connectivity index (χ2n) is 3.54. The molecule has 1 aromatic rings. The van der Waals surface area contributed by atoms with Crippen molar-refractivity contribution in [3.05, 3.63) is 18.0 Å². The molecule has 1 amide bonds. The first kappa shape index (κ1) is 12.7. The van der Waals surface area contributed by atoms with Crippen LogP contribution in [0.2, 0.25) is 0 Å². The minimum Gasteiger partial charge on any atom is -0.385 e. The van der Waals surface area contributed by atoms with E-state index in [1.54, 1.807) is 24.1 Å². The smallest absolute Gasteiger partial charge is 0.269 e. The van der Waals surface area contributed by atoms with E-state index in [2.05, 4.69) is 17.3 Å². The second-order valence-corrected chi connectivity index (χ2v) is 3.54. The number of rotatable bonds is 7. The third-order valence-corrected chi connectivity index (χ3v) is 2.20. The minimum absolute atomic E-state index is 0.0675. The molecule has 0 unspecified atom stereocenters. The fraction of sp³-hybridized carbons (Fsp3) is 0.636. The van der Waals surface area contributed by atoms with E-state index >= 15 is 0 Å². The topological polar surface area (TPSA) is 56.2 Å². The molecule has 0 radical (unpaired) electrons. The van der Waals surface area contributed by atoms with Crippen LogP contribution in [0.4, 0.5) is 0 Å². The molecule has 5 heteroatoms. The van der Waals surface area contributed by atoms with Gasteiger partial charge < -0.3 is 10.1 Å². The van der Waals surface area contributed by atoms with Crippen molar-refractivity contribution in [3.63, 3.8) is 0 Å². The van der Waals surface area contributed by atoms with Crippen LogP contribution >= 0.6 is 0 Å².